The highest BCUT2D eigenvalue weighted by molar-refractivity contribution is 7.93. The highest BCUT2D eigenvalue weighted by Crippen LogP contribution is 2.46. The molecule has 0 amide bonds. The highest BCUT2D eigenvalue weighted by Gasteiger charge is 2.44. The molecular weight excluding hydrogens is 498 g/mol. The Morgan fingerprint density at radius 2 is 1.67 bits per heavy atom. The lowest BCUT2D eigenvalue weighted by Gasteiger charge is -2.27. The van der Waals surface area contributed by atoms with Gasteiger partial charge in [0.05, 0.1) is 23.2 Å². The molecule has 0 saturated heterocycles. The van der Waals surface area contributed by atoms with Crippen molar-refractivity contribution in [3.8, 4) is 0 Å². The van der Waals surface area contributed by atoms with E-state index >= 15 is 0 Å². The summed E-state index contributed by atoms with van der Waals surface area (Å²) in [6.45, 7) is 3.77. The van der Waals surface area contributed by atoms with Crippen LogP contribution in [0.25, 0.3) is 0 Å². The van der Waals surface area contributed by atoms with Crippen molar-refractivity contribution in [1.29, 1.82) is 0 Å². The summed E-state index contributed by atoms with van der Waals surface area (Å²) in [5.41, 5.74) is 2.60. The van der Waals surface area contributed by atoms with Crippen LogP contribution in [-0.4, -0.2) is 32.8 Å². The monoisotopic (exact) mass is 523 g/mol. The van der Waals surface area contributed by atoms with Gasteiger partial charge in [0.2, 0.25) is 0 Å². The van der Waals surface area contributed by atoms with E-state index in [1.54, 1.807) is 67.6 Å². The molecule has 0 aliphatic carbocycles. The van der Waals surface area contributed by atoms with E-state index in [0.29, 0.717) is 21.8 Å². The first-order chi connectivity index (χ1) is 17.2. The zero-order valence-corrected chi connectivity index (χ0v) is 21.5. The largest absolute Gasteiger partial charge is 0.463 e. The lowest BCUT2D eigenvalue weighted by atomic mass is 9.88. The quantitative estimate of drug-likeness (QED) is 0.215. The second kappa shape index (κ2) is 10.7. The van der Waals surface area contributed by atoms with Gasteiger partial charge in [-0.3, -0.25) is 9.10 Å². The van der Waals surface area contributed by atoms with Crippen LogP contribution in [0.1, 0.15) is 40.7 Å². The van der Waals surface area contributed by atoms with Gasteiger partial charge in [-0.05, 0) is 61.9 Å². The van der Waals surface area contributed by atoms with Gasteiger partial charge in [0, 0.05) is 29.0 Å². The molecule has 2 atom stereocenters. The van der Waals surface area contributed by atoms with E-state index in [0.717, 1.165) is 5.56 Å². The Morgan fingerprint density at radius 1 is 1.00 bits per heavy atom. The second-order valence-corrected chi connectivity index (χ2v) is 10.8. The molecule has 8 heteroatoms. The van der Waals surface area contributed by atoms with Crippen molar-refractivity contribution in [3.63, 3.8) is 0 Å². The summed E-state index contributed by atoms with van der Waals surface area (Å²) in [5.74, 6) is -1.25. The summed E-state index contributed by atoms with van der Waals surface area (Å²) in [5, 5.41) is 0.517. The number of hydrogen-bond acceptors (Lipinski definition) is 5. The third kappa shape index (κ3) is 5.22. The highest BCUT2D eigenvalue weighted by atomic mass is 35.5. The van der Waals surface area contributed by atoms with E-state index in [9.17, 15) is 18.0 Å². The van der Waals surface area contributed by atoms with E-state index in [2.05, 4.69) is 0 Å². The molecule has 0 fully saturated rings. The fraction of sp³-hybridized carbons (Fsp3) is 0.214. The number of ether oxygens (including phenoxy) is 1. The molecule has 3 aromatic carbocycles. The number of carbonyl (C=O) groups excluding carboxylic acids is 2. The zero-order valence-electron chi connectivity index (χ0n) is 19.9. The van der Waals surface area contributed by atoms with E-state index in [1.165, 1.54) is 16.5 Å². The summed E-state index contributed by atoms with van der Waals surface area (Å²) < 4.78 is 34.1. The van der Waals surface area contributed by atoms with Crippen molar-refractivity contribution in [2.24, 2.45) is 0 Å². The Morgan fingerprint density at radius 3 is 2.33 bits per heavy atom. The molecule has 3 aromatic rings. The minimum Gasteiger partial charge on any atom is -0.463 e. The second-order valence-electron chi connectivity index (χ2n) is 8.52. The molecule has 0 bridgehead atoms. The van der Waals surface area contributed by atoms with E-state index in [4.69, 9.17) is 16.3 Å². The van der Waals surface area contributed by atoms with Crippen molar-refractivity contribution >= 4 is 39.1 Å². The number of Topliss-reactive ketones (excluding diaryl/α,β-unsaturated/α-hetero) is 1. The lowest BCUT2D eigenvalue weighted by molar-refractivity contribution is -0.137. The van der Waals surface area contributed by atoms with Crippen molar-refractivity contribution in [3.05, 3.63) is 107 Å². The number of para-hydroxylation sites is 1. The molecule has 186 valence electrons. The number of aryl methyl sites for hydroxylation is 1. The number of ketones is 1. The fourth-order valence-electron chi connectivity index (χ4n) is 4.39. The van der Waals surface area contributed by atoms with Gasteiger partial charge in [-0.2, -0.15) is 0 Å². The zero-order chi connectivity index (χ0) is 25.9. The average molecular weight is 524 g/mol. The van der Waals surface area contributed by atoms with Crippen LogP contribution in [0.4, 0.5) is 5.69 Å². The van der Waals surface area contributed by atoms with Crippen LogP contribution in [-0.2, 0) is 19.6 Å². The molecule has 1 aliphatic heterocycles. The number of hydrogen-bond donors (Lipinski definition) is 0. The molecule has 6 nitrogen and oxygen atoms in total. The summed E-state index contributed by atoms with van der Waals surface area (Å²) in [7, 11) is -4.02. The molecule has 1 aliphatic rings. The van der Waals surface area contributed by atoms with Crippen LogP contribution in [0, 0.1) is 6.92 Å². The third-order valence-electron chi connectivity index (χ3n) is 6.12. The van der Waals surface area contributed by atoms with Gasteiger partial charge in [0.25, 0.3) is 10.0 Å². The Kier molecular flexibility index (Phi) is 7.62. The molecule has 36 heavy (non-hydrogen) atoms. The number of rotatable bonds is 8. The normalized spacial score (nSPS) is 17.2. The molecule has 0 N–H and O–H groups in total. The van der Waals surface area contributed by atoms with Crippen molar-refractivity contribution in [2.45, 2.75) is 37.1 Å². The number of fused-ring (bicyclic) bond motifs is 1. The Balaban J connectivity index is 1.80. The Bertz CT molecular complexity index is 1400. The van der Waals surface area contributed by atoms with Crippen molar-refractivity contribution < 1.29 is 22.7 Å². The predicted octanol–water partition coefficient (Wildman–Crippen LogP) is 5.70. The van der Waals surface area contributed by atoms with Gasteiger partial charge in [0.1, 0.15) is 0 Å². The molecule has 0 unspecified atom stereocenters. The maximum atomic E-state index is 13.9. The summed E-state index contributed by atoms with van der Waals surface area (Å²) >= 11 is 5.97. The first-order valence-electron chi connectivity index (χ1n) is 11.6. The Hall–Kier alpha value is -3.42. The van der Waals surface area contributed by atoms with Crippen LogP contribution in [0.2, 0.25) is 5.02 Å². The van der Waals surface area contributed by atoms with E-state index in [-0.39, 0.29) is 23.7 Å². The minimum absolute atomic E-state index is 0.0381. The topological polar surface area (TPSA) is 80.8 Å². The standard InChI is InChI=1S/C28H26ClNO5S/c1-3-35-28(32)17-16-26-24(18-27(31)20-10-12-21(29)13-11-20)23-6-4-5-7-25(23)30(26)36(33,34)22-14-8-19(2)9-15-22/h4-17,24,26H,3,18H2,1-2H3/b17-16+/t24-,26+/m1/s1. The van der Waals surface area contributed by atoms with Gasteiger partial charge < -0.3 is 4.74 Å². The van der Waals surface area contributed by atoms with Gasteiger partial charge in [-0.1, -0.05) is 53.6 Å². The number of nitrogens with zero attached hydrogens (tertiary/aromatic N) is 1. The van der Waals surface area contributed by atoms with Gasteiger partial charge >= 0.3 is 5.97 Å². The minimum atomic E-state index is -4.02. The van der Waals surface area contributed by atoms with Gasteiger partial charge in [0.15, 0.2) is 5.78 Å². The molecule has 0 aromatic heterocycles. The fourth-order valence-corrected chi connectivity index (χ4v) is 6.18. The van der Waals surface area contributed by atoms with E-state index < -0.39 is 28.0 Å². The SMILES string of the molecule is CCOC(=O)/C=C/[C@H]1[C@H](CC(=O)c2ccc(Cl)cc2)c2ccccc2N1S(=O)(=O)c1ccc(C)cc1. The summed E-state index contributed by atoms with van der Waals surface area (Å²) in [6.07, 6.45) is 2.79. The van der Waals surface area contributed by atoms with Crippen molar-refractivity contribution in [2.75, 3.05) is 10.9 Å². The average Bonchev–Trinajstić information content (AvgIpc) is 3.17. The summed E-state index contributed by atoms with van der Waals surface area (Å²) in [4.78, 5) is 25.5. The van der Waals surface area contributed by atoms with E-state index in [1.807, 2.05) is 19.1 Å². The number of halogens is 1. The Labute approximate surface area is 216 Å². The molecule has 0 spiro atoms. The number of anilines is 1. The molecule has 1 heterocycles. The van der Waals surface area contributed by atoms with Crippen LogP contribution in [0.3, 0.4) is 0 Å². The third-order valence-corrected chi connectivity index (χ3v) is 8.20. The molecule has 0 saturated carbocycles. The first kappa shape index (κ1) is 25.7. The molecular formula is C28H26ClNO5S. The summed E-state index contributed by atoms with van der Waals surface area (Å²) in [6, 6.07) is 19.5. The van der Waals surface area contributed by atoms with Crippen molar-refractivity contribution in [1.82, 2.24) is 0 Å². The number of benzene rings is 3. The first-order valence-corrected chi connectivity index (χ1v) is 13.4. The van der Waals surface area contributed by atoms with Crippen LogP contribution < -0.4 is 4.31 Å². The molecule has 0 radical (unpaired) electrons. The maximum Gasteiger partial charge on any atom is 0.330 e. The van der Waals surface area contributed by atoms with Gasteiger partial charge in [-0.25, -0.2) is 13.2 Å². The number of esters is 1. The maximum absolute atomic E-state index is 13.9. The van der Waals surface area contributed by atoms with Crippen LogP contribution >= 0.6 is 11.6 Å². The smallest absolute Gasteiger partial charge is 0.330 e. The number of sulfonamides is 1. The lowest BCUT2D eigenvalue weighted by Crippen LogP contribution is -2.38. The van der Waals surface area contributed by atoms with Crippen LogP contribution in [0.5, 0.6) is 0 Å². The molecule has 4 rings (SSSR count). The van der Waals surface area contributed by atoms with Crippen LogP contribution in [0.15, 0.2) is 89.8 Å². The predicted molar refractivity (Wildman–Crippen MR) is 140 cm³/mol. The number of carbonyl (C=O) groups is 2. The van der Waals surface area contributed by atoms with Gasteiger partial charge in [-0.15, -0.1) is 0 Å².